The largest absolute Gasteiger partial charge is 0.418 e. The van der Waals surface area contributed by atoms with Gasteiger partial charge in [-0.15, -0.1) is 0 Å². The topological polar surface area (TPSA) is 62.5 Å². The fourth-order valence-corrected chi connectivity index (χ4v) is 4.18. The highest BCUT2D eigenvalue weighted by atomic mass is 19.4. The highest BCUT2D eigenvalue weighted by Gasteiger charge is 2.35. The van der Waals surface area contributed by atoms with Gasteiger partial charge in [0.25, 0.3) is 0 Å². The Morgan fingerprint density at radius 2 is 1.97 bits per heavy atom. The molecule has 1 aromatic heterocycles. The molecule has 2 heterocycles. The van der Waals surface area contributed by atoms with Crippen LogP contribution < -0.4 is 10.6 Å². The van der Waals surface area contributed by atoms with Crippen LogP contribution in [0.25, 0.3) is 10.9 Å². The average Bonchev–Trinajstić information content (AvgIpc) is 2.63. The van der Waals surface area contributed by atoms with Gasteiger partial charge in [0.2, 0.25) is 5.91 Å². The van der Waals surface area contributed by atoms with Crippen LogP contribution in [-0.2, 0) is 11.0 Å². The van der Waals surface area contributed by atoms with E-state index in [-0.39, 0.29) is 29.8 Å². The van der Waals surface area contributed by atoms with E-state index in [1.807, 2.05) is 13.8 Å². The van der Waals surface area contributed by atoms with E-state index in [9.17, 15) is 18.0 Å². The van der Waals surface area contributed by atoms with Crippen LogP contribution in [0.1, 0.15) is 39.2 Å². The minimum Gasteiger partial charge on any atom is -0.369 e. The maximum Gasteiger partial charge on any atom is 0.418 e. The zero-order valence-electron chi connectivity index (χ0n) is 17.8. The molecule has 1 saturated heterocycles. The third kappa shape index (κ3) is 4.86. The molecule has 2 aromatic rings. The molecule has 5 nitrogen and oxygen atoms in total. The van der Waals surface area contributed by atoms with E-state index in [1.54, 1.807) is 24.1 Å². The molecule has 164 valence electrons. The highest BCUT2D eigenvalue weighted by Crippen LogP contribution is 2.38. The number of nitrogens with zero attached hydrogens (tertiary/aromatic N) is 3. The van der Waals surface area contributed by atoms with Crippen LogP contribution in [0.2, 0.25) is 0 Å². The molecular weight excluding hydrogens is 393 g/mol. The normalized spacial score (nSPS) is 20.5. The molecule has 0 saturated carbocycles. The minimum atomic E-state index is -4.47. The van der Waals surface area contributed by atoms with E-state index >= 15 is 0 Å². The lowest BCUT2D eigenvalue weighted by molar-refractivity contribution is -0.136. The number of amides is 1. The first-order valence-electron chi connectivity index (χ1n) is 10.1. The van der Waals surface area contributed by atoms with Gasteiger partial charge < -0.3 is 15.5 Å². The minimum absolute atomic E-state index is 0.0273. The summed E-state index contributed by atoms with van der Waals surface area (Å²) in [5.74, 6) is 0.249. The standard InChI is InChI=1S/C22H29F3N4O/c1-14-10-15(28(4)19(30)11-21(2,3)26)13-29(12-14)18-8-7-17(22(23,24)25)20-16(18)6-5-9-27-20/h5-9,14-15H,10-13,26H2,1-4H3/t14-,15+/m0/s1. The van der Waals surface area contributed by atoms with Crippen LogP contribution in [-0.4, -0.2) is 47.5 Å². The zero-order valence-corrected chi connectivity index (χ0v) is 17.8. The van der Waals surface area contributed by atoms with Crippen LogP contribution in [0.4, 0.5) is 18.9 Å². The first-order valence-corrected chi connectivity index (χ1v) is 10.1. The number of nitrogens with two attached hydrogens (primary N) is 1. The summed E-state index contributed by atoms with van der Waals surface area (Å²) < 4.78 is 40.3. The molecule has 1 aromatic carbocycles. The Hall–Kier alpha value is -2.35. The number of fused-ring (bicyclic) bond motifs is 1. The van der Waals surface area contributed by atoms with Gasteiger partial charge in [-0.2, -0.15) is 13.2 Å². The number of halogens is 3. The first kappa shape index (κ1) is 22.3. The van der Waals surface area contributed by atoms with Crippen molar-refractivity contribution in [2.75, 3.05) is 25.0 Å². The number of likely N-dealkylation sites (N-methyl/N-ethyl adjacent to an activating group) is 1. The fourth-order valence-electron chi connectivity index (χ4n) is 4.18. The van der Waals surface area contributed by atoms with Crippen LogP contribution >= 0.6 is 0 Å². The van der Waals surface area contributed by atoms with Crippen LogP contribution in [0.5, 0.6) is 0 Å². The number of rotatable bonds is 4. The third-order valence-electron chi connectivity index (χ3n) is 5.58. The van der Waals surface area contributed by atoms with E-state index in [0.29, 0.717) is 24.2 Å². The number of piperidine rings is 1. The first-order chi connectivity index (χ1) is 13.9. The summed E-state index contributed by atoms with van der Waals surface area (Å²) in [5.41, 5.74) is 5.33. The maximum absolute atomic E-state index is 13.4. The van der Waals surface area contributed by atoms with E-state index < -0.39 is 17.3 Å². The van der Waals surface area contributed by atoms with Crippen molar-refractivity contribution in [3.63, 3.8) is 0 Å². The fraction of sp³-hybridized carbons (Fsp3) is 0.545. The summed E-state index contributed by atoms with van der Waals surface area (Å²) in [5, 5.41) is 0.470. The van der Waals surface area contributed by atoms with E-state index in [0.717, 1.165) is 12.5 Å². The molecule has 0 spiro atoms. The molecule has 1 amide bonds. The molecule has 8 heteroatoms. The van der Waals surface area contributed by atoms with Gasteiger partial charge in [-0.3, -0.25) is 9.78 Å². The van der Waals surface area contributed by atoms with Crippen molar-refractivity contribution in [1.29, 1.82) is 0 Å². The molecule has 30 heavy (non-hydrogen) atoms. The zero-order chi connectivity index (χ0) is 22.3. The quantitative estimate of drug-likeness (QED) is 0.807. The van der Waals surface area contributed by atoms with Crippen molar-refractivity contribution >= 4 is 22.5 Å². The van der Waals surface area contributed by atoms with Crippen LogP contribution in [0.15, 0.2) is 30.5 Å². The number of anilines is 1. The lowest BCUT2D eigenvalue weighted by Gasteiger charge is -2.42. The molecule has 1 fully saturated rings. The Morgan fingerprint density at radius 3 is 2.60 bits per heavy atom. The Kier molecular flexibility index (Phi) is 6.00. The Balaban J connectivity index is 1.93. The number of hydrogen-bond acceptors (Lipinski definition) is 4. The summed E-state index contributed by atoms with van der Waals surface area (Å²) >= 11 is 0. The summed E-state index contributed by atoms with van der Waals surface area (Å²) in [4.78, 5) is 20.5. The molecule has 0 aliphatic carbocycles. The molecular formula is C22H29F3N4O. The molecule has 0 bridgehead atoms. The van der Waals surface area contributed by atoms with Gasteiger partial charge in [-0.05, 0) is 50.5 Å². The number of carbonyl (C=O) groups is 1. The second-order valence-corrected chi connectivity index (χ2v) is 9.10. The number of aromatic nitrogens is 1. The summed E-state index contributed by atoms with van der Waals surface area (Å²) in [6.07, 6.45) is -2.02. The molecule has 0 unspecified atom stereocenters. The molecule has 2 atom stereocenters. The predicted octanol–water partition coefficient (Wildman–Crippen LogP) is 4.05. The van der Waals surface area contributed by atoms with E-state index in [2.05, 4.69) is 16.8 Å². The number of hydrogen-bond donors (Lipinski definition) is 1. The molecule has 0 radical (unpaired) electrons. The smallest absolute Gasteiger partial charge is 0.369 e. The van der Waals surface area contributed by atoms with Gasteiger partial charge in [0.15, 0.2) is 0 Å². The predicted molar refractivity (Wildman–Crippen MR) is 112 cm³/mol. The van der Waals surface area contributed by atoms with Gasteiger partial charge in [0, 0.05) is 55.4 Å². The Labute approximate surface area is 175 Å². The lowest BCUT2D eigenvalue weighted by Crippen LogP contribution is -2.52. The van der Waals surface area contributed by atoms with Crippen LogP contribution in [0.3, 0.4) is 0 Å². The summed E-state index contributed by atoms with van der Waals surface area (Å²) in [6.45, 7) is 6.98. The number of pyridine rings is 1. The Morgan fingerprint density at radius 1 is 1.27 bits per heavy atom. The van der Waals surface area contributed by atoms with Crippen LogP contribution in [0, 0.1) is 5.92 Å². The molecule has 1 aliphatic heterocycles. The summed E-state index contributed by atoms with van der Waals surface area (Å²) in [7, 11) is 1.78. The summed E-state index contributed by atoms with van der Waals surface area (Å²) in [6, 6.07) is 5.90. The number of alkyl halides is 3. The maximum atomic E-state index is 13.4. The van der Waals surface area contributed by atoms with Gasteiger partial charge >= 0.3 is 6.18 Å². The van der Waals surface area contributed by atoms with E-state index in [1.165, 1.54) is 12.3 Å². The van der Waals surface area contributed by atoms with Crippen molar-refractivity contribution in [3.05, 3.63) is 36.0 Å². The Bertz CT molecular complexity index is 923. The van der Waals surface area contributed by atoms with Crippen molar-refractivity contribution in [2.45, 2.75) is 51.4 Å². The third-order valence-corrected chi connectivity index (χ3v) is 5.58. The van der Waals surface area contributed by atoms with Crippen molar-refractivity contribution in [2.24, 2.45) is 11.7 Å². The lowest BCUT2D eigenvalue weighted by atomic mass is 9.92. The number of carbonyl (C=O) groups excluding carboxylic acids is 1. The number of benzene rings is 1. The second-order valence-electron chi connectivity index (χ2n) is 9.10. The average molecular weight is 422 g/mol. The highest BCUT2D eigenvalue weighted by molar-refractivity contribution is 5.94. The van der Waals surface area contributed by atoms with E-state index in [4.69, 9.17) is 5.73 Å². The van der Waals surface area contributed by atoms with Crippen molar-refractivity contribution in [3.8, 4) is 0 Å². The van der Waals surface area contributed by atoms with Gasteiger partial charge in [-0.25, -0.2) is 0 Å². The molecule has 3 rings (SSSR count). The SMILES string of the molecule is C[C@H]1C[C@@H](N(C)C(=O)CC(C)(C)N)CN(c2ccc(C(F)(F)F)c3ncccc23)C1. The molecule has 1 aliphatic rings. The molecule has 2 N–H and O–H groups in total. The second kappa shape index (κ2) is 8.06. The van der Waals surface area contributed by atoms with Gasteiger partial charge in [0.1, 0.15) is 0 Å². The van der Waals surface area contributed by atoms with Gasteiger partial charge in [0.05, 0.1) is 11.1 Å². The van der Waals surface area contributed by atoms with Gasteiger partial charge in [-0.1, -0.05) is 6.92 Å². The van der Waals surface area contributed by atoms with Crippen molar-refractivity contribution in [1.82, 2.24) is 9.88 Å². The monoisotopic (exact) mass is 422 g/mol. The van der Waals surface area contributed by atoms with Crippen molar-refractivity contribution < 1.29 is 18.0 Å².